The zero-order chi connectivity index (χ0) is 25.8. The molecule has 1 heterocycles. The number of nitrogens with zero attached hydrogens (tertiary/aromatic N) is 2. The summed E-state index contributed by atoms with van der Waals surface area (Å²) in [6, 6.07) is 12.8. The third-order valence-electron chi connectivity index (χ3n) is 6.53. The molecule has 2 N–H and O–H groups in total. The lowest BCUT2D eigenvalue weighted by atomic mass is 9.86. The first-order valence-electron chi connectivity index (χ1n) is 12.2. The van der Waals surface area contributed by atoms with E-state index in [0.717, 1.165) is 22.4 Å². The Morgan fingerprint density at radius 3 is 2.03 bits per heavy atom. The lowest BCUT2D eigenvalue weighted by Crippen LogP contribution is -2.55. The predicted octanol–water partition coefficient (Wildman–Crippen LogP) is 3.50. The van der Waals surface area contributed by atoms with Gasteiger partial charge in [-0.3, -0.25) is 19.3 Å². The molecular weight excluding hydrogens is 440 g/mol. The third-order valence-corrected chi connectivity index (χ3v) is 6.53. The fraction of sp³-hybridized carbons (Fsp3) is 0.464. The van der Waals surface area contributed by atoms with Gasteiger partial charge >= 0.3 is 0 Å². The molecule has 0 aliphatic carbocycles. The number of amides is 3. The summed E-state index contributed by atoms with van der Waals surface area (Å²) in [5.74, 6) is -0.419. The second kappa shape index (κ2) is 11.0. The molecule has 0 saturated carbocycles. The molecule has 7 nitrogen and oxygen atoms in total. The van der Waals surface area contributed by atoms with Gasteiger partial charge in [0.2, 0.25) is 11.8 Å². The molecule has 0 bridgehead atoms. The van der Waals surface area contributed by atoms with Crippen LogP contribution in [0.3, 0.4) is 0 Å². The summed E-state index contributed by atoms with van der Waals surface area (Å²) in [5.41, 5.74) is 4.64. The number of piperazine rings is 1. The van der Waals surface area contributed by atoms with Gasteiger partial charge in [0.05, 0.1) is 6.54 Å². The van der Waals surface area contributed by atoms with Crippen LogP contribution in [0.2, 0.25) is 0 Å². The molecule has 0 radical (unpaired) electrons. The van der Waals surface area contributed by atoms with Gasteiger partial charge < -0.3 is 15.5 Å². The molecule has 2 aromatic carbocycles. The summed E-state index contributed by atoms with van der Waals surface area (Å²) < 4.78 is 0. The first-order valence-corrected chi connectivity index (χ1v) is 12.2. The average molecular weight is 479 g/mol. The van der Waals surface area contributed by atoms with E-state index >= 15 is 0 Å². The van der Waals surface area contributed by atoms with Crippen LogP contribution in [0.15, 0.2) is 42.5 Å². The number of aryl methyl sites for hydroxylation is 2. The van der Waals surface area contributed by atoms with Crippen LogP contribution >= 0.6 is 0 Å². The maximum absolute atomic E-state index is 12.9. The normalized spacial score (nSPS) is 15.4. The summed E-state index contributed by atoms with van der Waals surface area (Å²) in [5, 5.41) is 5.84. The quantitative estimate of drug-likeness (QED) is 0.666. The molecule has 3 rings (SSSR count). The van der Waals surface area contributed by atoms with E-state index in [2.05, 4.69) is 31.4 Å². The fourth-order valence-electron chi connectivity index (χ4n) is 4.26. The minimum atomic E-state index is -0.622. The minimum absolute atomic E-state index is 0.0144. The van der Waals surface area contributed by atoms with E-state index in [1.165, 1.54) is 0 Å². The minimum Gasteiger partial charge on any atom is -0.341 e. The molecule has 1 saturated heterocycles. The topological polar surface area (TPSA) is 81.8 Å². The number of benzene rings is 2. The van der Waals surface area contributed by atoms with Crippen molar-refractivity contribution in [2.45, 2.75) is 53.0 Å². The number of nitrogens with one attached hydrogen (secondary N) is 2. The third kappa shape index (κ3) is 6.92. The summed E-state index contributed by atoms with van der Waals surface area (Å²) in [4.78, 5) is 41.9. The number of rotatable bonds is 6. The number of carbonyl (C=O) groups is 3. The van der Waals surface area contributed by atoms with E-state index in [1.54, 1.807) is 24.0 Å². The Labute approximate surface area is 208 Å². The molecule has 35 heavy (non-hydrogen) atoms. The van der Waals surface area contributed by atoms with Gasteiger partial charge in [-0.25, -0.2) is 0 Å². The molecule has 0 spiro atoms. The van der Waals surface area contributed by atoms with Crippen molar-refractivity contribution >= 4 is 23.4 Å². The number of para-hydroxylation sites is 1. The van der Waals surface area contributed by atoms with Gasteiger partial charge in [-0.05, 0) is 55.0 Å². The van der Waals surface area contributed by atoms with Crippen molar-refractivity contribution in [1.82, 2.24) is 15.1 Å². The van der Waals surface area contributed by atoms with Gasteiger partial charge in [0, 0.05) is 37.4 Å². The Morgan fingerprint density at radius 1 is 0.914 bits per heavy atom. The van der Waals surface area contributed by atoms with E-state index < -0.39 is 6.04 Å². The summed E-state index contributed by atoms with van der Waals surface area (Å²) in [6.07, 6.45) is 0. The Bertz CT molecular complexity index is 1040. The first kappa shape index (κ1) is 26.4. The fourth-order valence-corrected chi connectivity index (χ4v) is 4.26. The van der Waals surface area contributed by atoms with Crippen molar-refractivity contribution in [3.63, 3.8) is 0 Å². The second-order valence-electron chi connectivity index (χ2n) is 10.4. The Morgan fingerprint density at radius 2 is 1.49 bits per heavy atom. The van der Waals surface area contributed by atoms with Crippen molar-refractivity contribution in [2.75, 3.05) is 38.0 Å². The van der Waals surface area contributed by atoms with E-state index in [4.69, 9.17) is 0 Å². The van der Waals surface area contributed by atoms with Gasteiger partial charge in [-0.2, -0.15) is 0 Å². The SMILES string of the molecule is Cc1cccc(C)c1NC(=O)CN1CCN(C(=O)C(C)NC(=O)c2ccc(C(C)(C)C)cc2)CC1. The smallest absolute Gasteiger partial charge is 0.251 e. The van der Waals surface area contributed by atoms with Gasteiger partial charge in [0.25, 0.3) is 5.91 Å². The van der Waals surface area contributed by atoms with E-state index in [0.29, 0.717) is 31.7 Å². The lowest BCUT2D eigenvalue weighted by molar-refractivity contribution is -0.134. The number of anilines is 1. The highest BCUT2D eigenvalue weighted by Crippen LogP contribution is 2.22. The van der Waals surface area contributed by atoms with Gasteiger partial charge in [0.15, 0.2) is 0 Å². The molecule has 188 valence electrons. The molecule has 1 fully saturated rings. The molecule has 1 aliphatic heterocycles. The van der Waals surface area contributed by atoms with Crippen LogP contribution < -0.4 is 10.6 Å². The van der Waals surface area contributed by atoms with Crippen molar-refractivity contribution < 1.29 is 14.4 Å². The van der Waals surface area contributed by atoms with Gasteiger partial charge in [-0.1, -0.05) is 51.1 Å². The highest BCUT2D eigenvalue weighted by atomic mass is 16.2. The van der Waals surface area contributed by atoms with Crippen molar-refractivity contribution in [3.8, 4) is 0 Å². The largest absolute Gasteiger partial charge is 0.341 e. The maximum atomic E-state index is 12.9. The van der Waals surface area contributed by atoms with Crippen LogP contribution in [0.4, 0.5) is 5.69 Å². The number of carbonyl (C=O) groups excluding carboxylic acids is 3. The van der Waals surface area contributed by atoms with Crippen molar-refractivity contribution in [1.29, 1.82) is 0 Å². The van der Waals surface area contributed by atoms with Crippen molar-refractivity contribution in [2.24, 2.45) is 0 Å². The molecule has 0 aromatic heterocycles. The summed E-state index contributed by atoms with van der Waals surface area (Å²) in [7, 11) is 0. The van der Waals surface area contributed by atoms with Crippen LogP contribution in [0.25, 0.3) is 0 Å². The molecule has 2 aromatic rings. The highest BCUT2D eigenvalue weighted by Gasteiger charge is 2.27. The van der Waals surface area contributed by atoms with Gasteiger partial charge in [0.1, 0.15) is 6.04 Å². The average Bonchev–Trinajstić information content (AvgIpc) is 2.81. The van der Waals surface area contributed by atoms with Crippen molar-refractivity contribution in [3.05, 3.63) is 64.7 Å². The zero-order valence-electron chi connectivity index (χ0n) is 21.8. The lowest BCUT2D eigenvalue weighted by Gasteiger charge is -2.35. The van der Waals surface area contributed by atoms with E-state index in [-0.39, 0.29) is 29.7 Å². The molecule has 3 amide bonds. The van der Waals surface area contributed by atoms with Crippen LogP contribution in [0.5, 0.6) is 0 Å². The van der Waals surface area contributed by atoms with E-state index in [9.17, 15) is 14.4 Å². The maximum Gasteiger partial charge on any atom is 0.251 e. The van der Waals surface area contributed by atoms with Crippen LogP contribution in [0, 0.1) is 13.8 Å². The van der Waals surface area contributed by atoms with Gasteiger partial charge in [-0.15, -0.1) is 0 Å². The molecule has 1 aliphatic rings. The molecule has 1 atom stereocenters. The first-order chi connectivity index (χ1) is 16.5. The van der Waals surface area contributed by atoms with Crippen LogP contribution in [-0.4, -0.2) is 66.3 Å². The highest BCUT2D eigenvalue weighted by molar-refractivity contribution is 5.97. The standard InChI is InChI=1S/C28H38N4O3/c1-19-8-7-9-20(2)25(19)30-24(33)18-31-14-16-32(17-15-31)27(35)21(3)29-26(34)22-10-12-23(13-11-22)28(4,5)6/h7-13,21H,14-18H2,1-6H3,(H,29,34)(H,30,33). The molecule has 1 unspecified atom stereocenters. The monoisotopic (exact) mass is 478 g/mol. The Balaban J connectivity index is 1.47. The predicted molar refractivity (Wildman–Crippen MR) is 140 cm³/mol. The summed E-state index contributed by atoms with van der Waals surface area (Å²) in [6.45, 7) is 14.6. The Kier molecular flexibility index (Phi) is 8.33. The molecular formula is C28H38N4O3. The second-order valence-corrected chi connectivity index (χ2v) is 10.4. The number of hydrogen-bond acceptors (Lipinski definition) is 4. The van der Waals surface area contributed by atoms with E-state index in [1.807, 2.05) is 49.1 Å². The van der Waals surface area contributed by atoms with Crippen LogP contribution in [0.1, 0.15) is 54.7 Å². The molecule has 7 heteroatoms. The summed E-state index contributed by atoms with van der Waals surface area (Å²) >= 11 is 0. The zero-order valence-corrected chi connectivity index (χ0v) is 21.8. The van der Waals surface area contributed by atoms with Crippen LogP contribution in [-0.2, 0) is 15.0 Å². The Hall–Kier alpha value is -3.19. The number of hydrogen-bond donors (Lipinski definition) is 2.